The van der Waals surface area contributed by atoms with Gasteiger partial charge in [0.05, 0.1) is 6.54 Å². The van der Waals surface area contributed by atoms with Crippen molar-refractivity contribution in [3.63, 3.8) is 0 Å². The molecule has 3 N–H and O–H groups in total. The minimum Gasteiger partial charge on any atom is -0.415 e. The van der Waals surface area contributed by atoms with E-state index in [-0.39, 0.29) is 18.5 Å². The van der Waals surface area contributed by atoms with Gasteiger partial charge in [-0.3, -0.25) is 9.69 Å². The second-order valence-corrected chi connectivity index (χ2v) is 5.57. The zero-order chi connectivity index (χ0) is 14.0. The minimum atomic E-state index is -0.834. The number of hydrogen-bond acceptors (Lipinski definition) is 7. The molecule has 8 nitrogen and oxygen atoms in total. The maximum Gasteiger partial charge on any atom is 0.325 e. The molecule has 104 valence electrons. The molecular weight excluding hydrogens is 270 g/mol. The topological polar surface area (TPSA) is 114 Å². The number of thioether (sulfide) groups is 1. The first kappa shape index (κ1) is 13.8. The maximum absolute atomic E-state index is 11.9. The molecule has 0 spiro atoms. The van der Waals surface area contributed by atoms with Gasteiger partial charge in [0.1, 0.15) is 5.54 Å². The van der Waals surface area contributed by atoms with E-state index in [4.69, 9.17) is 10.2 Å². The molecule has 0 unspecified atom stereocenters. The van der Waals surface area contributed by atoms with Gasteiger partial charge < -0.3 is 15.5 Å². The van der Waals surface area contributed by atoms with Crippen LogP contribution in [0, 0.1) is 0 Å². The molecule has 0 aromatic carbocycles. The van der Waals surface area contributed by atoms with Crippen LogP contribution in [0.4, 0.5) is 4.79 Å². The van der Waals surface area contributed by atoms with E-state index in [1.54, 1.807) is 13.8 Å². The lowest BCUT2D eigenvalue weighted by Gasteiger charge is -2.15. The van der Waals surface area contributed by atoms with Gasteiger partial charge in [-0.15, -0.1) is 10.2 Å². The molecule has 1 saturated heterocycles. The second-order valence-electron chi connectivity index (χ2n) is 4.53. The summed E-state index contributed by atoms with van der Waals surface area (Å²) in [7, 11) is 0. The molecule has 0 radical (unpaired) electrons. The van der Waals surface area contributed by atoms with Crippen molar-refractivity contribution in [3.05, 3.63) is 5.89 Å². The van der Waals surface area contributed by atoms with Gasteiger partial charge in [-0.1, -0.05) is 11.8 Å². The molecule has 0 atom stereocenters. The number of carbonyl (C=O) groups is 2. The molecule has 2 rings (SSSR count). The molecule has 1 aromatic rings. The minimum absolute atomic E-state index is 0.189. The molecule has 19 heavy (non-hydrogen) atoms. The highest BCUT2D eigenvalue weighted by Crippen LogP contribution is 2.20. The SMILES string of the molecule is CC1(C)NC(=O)N(CCSc2nnc(CN)o2)C1=O. The Bertz CT molecular complexity index is 501. The average Bonchev–Trinajstić information content (AvgIpc) is 2.87. The predicted molar refractivity (Wildman–Crippen MR) is 67.2 cm³/mol. The van der Waals surface area contributed by atoms with Gasteiger partial charge >= 0.3 is 6.03 Å². The summed E-state index contributed by atoms with van der Waals surface area (Å²) in [5.41, 5.74) is 4.51. The standard InChI is InChI=1S/C10H15N5O3S/c1-10(2)7(16)15(8(17)12-10)3-4-19-9-14-13-6(5-11)18-9/h3-5,11H2,1-2H3,(H,12,17). The van der Waals surface area contributed by atoms with Crippen molar-refractivity contribution in [1.82, 2.24) is 20.4 Å². The van der Waals surface area contributed by atoms with Crippen LogP contribution in [0.5, 0.6) is 0 Å². The Balaban J connectivity index is 1.86. The fourth-order valence-electron chi connectivity index (χ4n) is 1.62. The number of nitrogens with one attached hydrogen (secondary N) is 1. The number of nitrogens with zero attached hydrogens (tertiary/aromatic N) is 3. The first-order valence-electron chi connectivity index (χ1n) is 5.73. The van der Waals surface area contributed by atoms with Gasteiger partial charge in [-0.25, -0.2) is 4.79 Å². The summed E-state index contributed by atoms with van der Waals surface area (Å²) in [6, 6.07) is -0.372. The van der Waals surface area contributed by atoms with E-state index in [9.17, 15) is 9.59 Å². The fraction of sp³-hybridized carbons (Fsp3) is 0.600. The molecule has 1 fully saturated rings. The van der Waals surface area contributed by atoms with Gasteiger partial charge in [0, 0.05) is 12.3 Å². The Morgan fingerprint density at radius 2 is 2.16 bits per heavy atom. The third kappa shape index (κ3) is 2.87. The lowest BCUT2D eigenvalue weighted by atomic mass is 10.1. The van der Waals surface area contributed by atoms with Crippen LogP contribution in [0.15, 0.2) is 9.64 Å². The number of carbonyl (C=O) groups excluding carboxylic acids is 2. The first-order valence-corrected chi connectivity index (χ1v) is 6.72. The zero-order valence-corrected chi connectivity index (χ0v) is 11.5. The molecule has 0 aliphatic carbocycles. The van der Waals surface area contributed by atoms with E-state index in [0.29, 0.717) is 23.4 Å². The lowest BCUT2D eigenvalue weighted by molar-refractivity contribution is -0.130. The summed E-state index contributed by atoms with van der Waals surface area (Å²) in [5.74, 6) is 0.617. The average molecular weight is 285 g/mol. The van der Waals surface area contributed by atoms with Crippen molar-refractivity contribution >= 4 is 23.7 Å². The number of hydrogen-bond donors (Lipinski definition) is 2. The fourth-order valence-corrected chi connectivity index (χ4v) is 2.33. The highest BCUT2D eigenvalue weighted by molar-refractivity contribution is 7.99. The molecule has 9 heteroatoms. The van der Waals surface area contributed by atoms with Crippen LogP contribution in [-0.4, -0.2) is 44.9 Å². The molecular formula is C10H15N5O3S. The highest BCUT2D eigenvalue weighted by Gasteiger charge is 2.43. The summed E-state index contributed by atoms with van der Waals surface area (Å²) >= 11 is 1.28. The molecule has 0 saturated carbocycles. The smallest absolute Gasteiger partial charge is 0.325 e. The normalized spacial score (nSPS) is 17.9. The van der Waals surface area contributed by atoms with Crippen LogP contribution in [0.3, 0.4) is 0 Å². The molecule has 3 amide bonds. The Morgan fingerprint density at radius 3 is 2.68 bits per heavy atom. The van der Waals surface area contributed by atoms with Crippen molar-refractivity contribution in [3.8, 4) is 0 Å². The van der Waals surface area contributed by atoms with Gasteiger partial charge in [-0.2, -0.15) is 0 Å². The van der Waals surface area contributed by atoms with E-state index >= 15 is 0 Å². The number of imide groups is 1. The predicted octanol–water partition coefficient (Wildman–Crippen LogP) is -0.0492. The van der Waals surface area contributed by atoms with Gasteiger partial charge in [0.25, 0.3) is 11.1 Å². The Kier molecular flexibility index (Phi) is 3.76. The third-order valence-electron chi connectivity index (χ3n) is 2.61. The highest BCUT2D eigenvalue weighted by atomic mass is 32.2. The van der Waals surface area contributed by atoms with E-state index < -0.39 is 5.54 Å². The monoisotopic (exact) mass is 285 g/mol. The second kappa shape index (κ2) is 5.17. The Labute approximate surface area is 114 Å². The lowest BCUT2D eigenvalue weighted by Crippen LogP contribution is -2.40. The molecule has 1 aliphatic heterocycles. The summed E-state index contributed by atoms with van der Waals surface area (Å²) in [5, 5.41) is 10.5. The summed E-state index contributed by atoms with van der Waals surface area (Å²) < 4.78 is 5.20. The van der Waals surface area contributed by atoms with Gasteiger partial charge in [0.2, 0.25) is 5.89 Å². The van der Waals surface area contributed by atoms with E-state index in [1.807, 2.05) is 0 Å². The zero-order valence-electron chi connectivity index (χ0n) is 10.7. The van der Waals surface area contributed by atoms with Crippen molar-refractivity contribution in [1.29, 1.82) is 0 Å². The number of aromatic nitrogens is 2. The van der Waals surface area contributed by atoms with Crippen molar-refractivity contribution in [2.24, 2.45) is 5.73 Å². The first-order chi connectivity index (χ1) is 8.94. The molecule has 2 heterocycles. The van der Waals surface area contributed by atoms with Crippen LogP contribution in [0.1, 0.15) is 19.7 Å². The van der Waals surface area contributed by atoms with Crippen LogP contribution in [0.25, 0.3) is 0 Å². The van der Waals surface area contributed by atoms with Crippen LogP contribution in [0.2, 0.25) is 0 Å². The Morgan fingerprint density at radius 1 is 1.42 bits per heavy atom. The number of nitrogens with two attached hydrogens (primary N) is 1. The number of rotatable bonds is 5. The van der Waals surface area contributed by atoms with Crippen LogP contribution in [-0.2, 0) is 11.3 Å². The summed E-state index contributed by atoms with van der Waals surface area (Å²) in [6.45, 7) is 3.83. The largest absolute Gasteiger partial charge is 0.415 e. The van der Waals surface area contributed by atoms with Crippen molar-refractivity contribution in [2.75, 3.05) is 12.3 Å². The molecule has 1 aromatic heterocycles. The van der Waals surface area contributed by atoms with Gasteiger partial charge in [-0.05, 0) is 13.8 Å². The molecule has 0 bridgehead atoms. The van der Waals surface area contributed by atoms with E-state index in [0.717, 1.165) is 0 Å². The van der Waals surface area contributed by atoms with E-state index in [1.165, 1.54) is 16.7 Å². The van der Waals surface area contributed by atoms with Crippen molar-refractivity contribution < 1.29 is 14.0 Å². The third-order valence-corrected chi connectivity index (χ3v) is 3.41. The summed E-state index contributed by atoms with van der Waals surface area (Å²) in [6.07, 6.45) is 0. The summed E-state index contributed by atoms with van der Waals surface area (Å²) in [4.78, 5) is 24.7. The Hall–Kier alpha value is -1.61. The molecule has 1 aliphatic rings. The number of urea groups is 1. The maximum atomic E-state index is 11.9. The van der Waals surface area contributed by atoms with Crippen LogP contribution < -0.4 is 11.1 Å². The number of amides is 3. The van der Waals surface area contributed by atoms with Gasteiger partial charge in [0.15, 0.2) is 0 Å². The van der Waals surface area contributed by atoms with E-state index in [2.05, 4.69) is 15.5 Å². The van der Waals surface area contributed by atoms with Crippen molar-refractivity contribution in [2.45, 2.75) is 31.2 Å². The van der Waals surface area contributed by atoms with Crippen LogP contribution >= 0.6 is 11.8 Å². The quantitative estimate of drug-likeness (QED) is 0.575.